The van der Waals surface area contributed by atoms with Gasteiger partial charge < -0.3 is 14.8 Å². The molecule has 160 valence electrons. The average Bonchev–Trinajstić information content (AvgIpc) is 2.71. The molecule has 0 aromatic heterocycles. The number of rotatable bonds is 6. The molecule has 0 spiro atoms. The molecule has 9 heteroatoms. The van der Waals surface area contributed by atoms with E-state index < -0.39 is 29.6 Å². The van der Waals surface area contributed by atoms with Crippen molar-refractivity contribution in [1.82, 2.24) is 0 Å². The molecule has 30 heavy (non-hydrogen) atoms. The fraction of sp³-hybridized carbons (Fsp3) is 0.429. The number of benzene rings is 2. The Bertz CT molecular complexity index is 840. The van der Waals surface area contributed by atoms with Crippen molar-refractivity contribution in [2.75, 3.05) is 14.2 Å². The second-order valence-electron chi connectivity index (χ2n) is 8.07. The number of nitrogens with zero attached hydrogens (tertiary/aromatic N) is 2. The predicted molar refractivity (Wildman–Crippen MR) is 109 cm³/mol. The van der Waals surface area contributed by atoms with Gasteiger partial charge >= 0.3 is 0 Å². The zero-order valence-corrected chi connectivity index (χ0v) is 17.3. The van der Waals surface area contributed by atoms with Crippen LogP contribution < -0.4 is 14.8 Å². The number of nitro groups is 2. The first-order valence-corrected chi connectivity index (χ1v) is 9.60. The summed E-state index contributed by atoms with van der Waals surface area (Å²) in [6.07, 6.45) is 0. The molecule has 0 bridgehead atoms. The number of quaternary nitrogens is 1. The summed E-state index contributed by atoms with van der Waals surface area (Å²) >= 11 is 0. The molecule has 1 aliphatic rings. The van der Waals surface area contributed by atoms with Crippen LogP contribution in [-0.2, 0) is 0 Å². The van der Waals surface area contributed by atoms with Crippen molar-refractivity contribution in [3.63, 3.8) is 0 Å². The highest BCUT2D eigenvalue weighted by Crippen LogP contribution is 2.43. The van der Waals surface area contributed by atoms with Gasteiger partial charge in [0.25, 0.3) is 12.1 Å². The van der Waals surface area contributed by atoms with Gasteiger partial charge in [-0.3, -0.25) is 20.2 Å². The molecule has 0 aliphatic carbocycles. The fourth-order valence-corrected chi connectivity index (χ4v) is 4.58. The molecule has 0 unspecified atom stereocenters. The summed E-state index contributed by atoms with van der Waals surface area (Å²) in [5.74, 6) is 1.28. The summed E-state index contributed by atoms with van der Waals surface area (Å²) < 4.78 is 10.4. The third-order valence-electron chi connectivity index (χ3n) is 6.08. The van der Waals surface area contributed by atoms with Gasteiger partial charge in [0.2, 0.25) is 0 Å². The average molecular weight is 416 g/mol. The summed E-state index contributed by atoms with van der Waals surface area (Å²) in [5.41, 5.74) is 0.258. The van der Waals surface area contributed by atoms with E-state index in [1.807, 2.05) is 0 Å². The van der Waals surface area contributed by atoms with E-state index in [9.17, 15) is 20.2 Å². The summed E-state index contributed by atoms with van der Waals surface area (Å²) in [6.45, 7) is 3.24. The summed E-state index contributed by atoms with van der Waals surface area (Å²) in [6, 6.07) is 10.6. The highest BCUT2D eigenvalue weighted by Gasteiger charge is 2.65. The molecule has 0 amide bonds. The van der Waals surface area contributed by atoms with Gasteiger partial charge in [-0.2, -0.15) is 0 Å². The minimum absolute atomic E-state index is 0.383. The van der Waals surface area contributed by atoms with Crippen LogP contribution in [0.5, 0.6) is 11.5 Å². The summed E-state index contributed by atoms with van der Waals surface area (Å²) in [5, 5.41) is 25.9. The van der Waals surface area contributed by atoms with E-state index in [2.05, 4.69) is 0 Å². The van der Waals surface area contributed by atoms with Crippen LogP contribution in [-0.4, -0.2) is 36.1 Å². The topological polar surface area (TPSA) is 121 Å². The Morgan fingerprint density at radius 1 is 0.767 bits per heavy atom. The Kier molecular flexibility index (Phi) is 5.93. The first kappa shape index (κ1) is 21.5. The summed E-state index contributed by atoms with van der Waals surface area (Å²) in [4.78, 5) is 23.4. The van der Waals surface area contributed by atoms with Crippen LogP contribution in [0.15, 0.2) is 48.5 Å². The van der Waals surface area contributed by atoms with E-state index in [1.54, 1.807) is 81.9 Å². The number of hydrogen-bond acceptors (Lipinski definition) is 6. The molecule has 3 rings (SSSR count). The Morgan fingerprint density at radius 2 is 1.10 bits per heavy atom. The van der Waals surface area contributed by atoms with Crippen LogP contribution >= 0.6 is 0 Å². The lowest BCUT2D eigenvalue weighted by atomic mass is 9.66. The molecule has 2 aromatic rings. The van der Waals surface area contributed by atoms with E-state index in [1.165, 1.54) is 0 Å². The van der Waals surface area contributed by atoms with Crippen molar-refractivity contribution in [2.24, 2.45) is 5.41 Å². The van der Waals surface area contributed by atoms with Gasteiger partial charge in [-0.05, 0) is 62.4 Å². The van der Waals surface area contributed by atoms with Gasteiger partial charge in [-0.25, -0.2) is 0 Å². The van der Waals surface area contributed by atoms with Gasteiger partial charge in [-0.1, -0.05) is 0 Å². The second kappa shape index (κ2) is 8.27. The van der Waals surface area contributed by atoms with Gasteiger partial charge in [0.05, 0.1) is 14.2 Å². The Morgan fingerprint density at radius 3 is 1.37 bits per heavy atom. The molecule has 0 saturated carbocycles. The number of nitrogens with two attached hydrogens (primary N) is 1. The maximum atomic E-state index is 12.1. The Hall–Kier alpha value is -3.20. The molecule has 1 fully saturated rings. The lowest BCUT2D eigenvalue weighted by molar-refractivity contribution is -0.818. The minimum Gasteiger partial charge on any atom is -0.497 e. The second-order valence-corrected chi connectivity index (χ2v) is 8.07. The van der Waals surface area contributed by atoms with Crippen LogP contribution in [0.4, 0.5) is 0 Å². The zero-order chi connectivity index (χ0) is 22.1. The van der Waals surface area contributed by atoms with E-state index in [4.69, 9.17) is 9.47 Å². The Balaban J connectivity index is 2.11. The molecular weight excluding hydrogens is 390 g/mol. The highest BCUT2D eigenvalue weighted by molar-refractivity contribution is 5.32. The Labute approximate surface area is 174 Å². The van der Waals surface area contributed by atoms with Crippen molar-refractivity contribution in [2.45, 2.75) is 38.0 Å². The standard InChI is InChI=1S/C21H25N3O6/c1-21(2)19(23(25)26)17(13-5-9-15(29-3)10-6-13)22-18(20(21)24(27)28)14-7-11-16(30-4)12-8-14/h5-12,17-20,22H,1-4H3/p+1/t17-,18-,19-,20-/m1/s1. The van der Waals surface area contributed by atoms with Crippen LogP contribution in [0.3, 0.4) is 0 Å². The van der Waals surface area contributed by atoms with Gasteiger partial charge in [0, 0.05) is 21.0 Å². The molecule has 2 aromatic carbocycles. The largest absolute Gasteiger partial charge is 0.497 e. The van der Waals surface area contributed by atoms with E-state index >= 15 is 0 Å². The van der Waals surface area contributed by atoms with Gasteiger partial charge in [0.15, 0.2) is 12.1 Å². The molecule has 9 nitrogen and oxygen atoms in total. The predicted octanol–water partition coefficient (Wildman–Crippen LogP) is 2.38. The highest BCUT2D eigenvalue weighted by atomic mass is 16.6. The molecule has 0 radical (unpaired) electrons. The lowest BCUT2D eigenvalue weighted by Gasteiger charge is -2.41. The molecule has 1 heterocycles. The first-order chi connectivity index (χ1) is 14.2. The van der Waals surface area contributed by atoms with Crippen molar-refractivity contribution in [1.29, 1.82) is 0 Å². The van der Waals surface area contributed by atoms with E-state index in [0.29, 0.717) is 11.5 Å². The van der Waals surface area contributed by atoms with Crippen LogP contribution in [0.25, 0.3) is 0 Å². The fourth-order valence-electron chi connectivity index (χ4n) is 4.58. The van der Waals surface area contributed by atoms with Crippen molar-refractivity contribution < 1.29 is 24.6 Å². The van der Waals surface area contributed by atoms with Crippen molar-refractivity contribution in [3.05, 3.63) is 79.9 Å². The molecular formula is C21H26N3O6+. The maximum Gasteiger partial charge on any atom is 0.279 e. The van der Waals surface area contributed by atoms with E-state index in [-0.39, 0.29) is 9.85 Å². The third kappa shape index (κ3) is 3.80. The van der Waals surface area contributed by atoms with Crippen molar-refractivity contribution >= 4 is 0 Å². The summed E-state index contributed by atoms with van der Waals surface area (Å²) in [7, 11) is 3.10. The number of ether oxygens (including phenoxy) is 2. The molecule has 2 N–H and O–H groups in total. The SMILES string of the molecule is COc1ccc([C@H]2[NH2+][C@H](c3ccc(OC)cc3)[C@@H]([N+](=O)[O-])C(C)(C)[C@@H]2[N+](=O)[O-])cc1. The zero-order valence-electron chi connectivity index (χ0n) is 17.3. The maximum absolute atomic E-state index is 12.1. The minimum atomic E-state index is -1.20. The number of hydrogen-bond donors (Lipinski definition) is 1. The van der Waals surface area contributed by atoms with Crippen molar-refractivity contribution in [3.8, 4) is 11.5 Å². The van der Waals surface area contributed by atoms with Crippen LogP contribution in [0, 0.1) is 25.6 Å². The molecule has 1 aliphatic heterocycles. The smallest absolute Gasteiger partial charge is 0.279 e. The molecule has 1 saturated heterocycles. The van der Waals surface area contributed by atoms with Crippen LogP contribution in [0.2, 0.25) is 0 Å². The van der Waals surface area contributed by atoms with Crippen LogP contribution in [0.1, 0.15) is 37.1 Å². The number of piperidine rings is 1. The monoisotopic (exact) mass is 416 g/mol. The number of methoxy groups -OCH3 is 2. The first-order valence-electron chi connectivity index (χ1n) is 9.60. The van der Waals surface area contributed by atoms with Gasteiger partial charge in [0.1, 0.15) is 16.9 Å². The van der Waals surface area contributed by atoms with E-state index in [0.717, 1.165) is 11.1 Å². The quantitative estimate of drug-likeness (QED) is 0.570. The molecule has 4 atom stereocenters. The lowest BCUT2D eigenvalue weighted by Crippen LogP contribution is -2.96. The third-order valence-corrected chi connectivity index (χ3v) is 6.08. The normalized spacial score (nSPS) is 25.3. The van der Waals surface area contributed by atoms with Gasteiger partial charge in [-0.15, -0.1) is 0 Å².